The predicted octanol–water partition coefficient (Wildman–Crippen LogP) is 3.97. The van der Waals surface area contributed by atoms with Crippen molar-refractivity contribution in [2.75, 3.05) is 5.32 Å². The van der Waals surface area contributed by atoms with Gasteiger partial charge in [0.2, 0.25) is 17.4 Å². The van der Waals surface area contributed by atoms with Crippen LogP contribution in [0.5, 0.6) is 11.5 Å². The lowest BCUT2D eigenvalue weighted by atomic mass is 10.1. The van der Waals surface area contributed by atoms with Crippen LogP contribution in [0.15, 0.2) is 59.0 Å². The first-order chi connectivity index (χ1) is 12.5. The second kappa shape index (κ2) is 7.10. The molecule has 0 aliphatic carbocycles. The number of esters is 1. The Labute approximate surface area is 147 Å². The molecule has 1 amide bonds. The molecule has 7 heteroatoms. The number of rotatable bonds is 4. The van der Waals surface area contributed by atoms with E-state index in [-0.39, 0.29) is 23.0 Å². The molecule has 0 unspecified atom stereocenters. The lowest BCUT2D eigenvalue weighted by Crippen LogP contribution is -2.12. The Bertz CT molecular complexity index is 965. The predicted molar refractivity (Wildman–Crippen MR) is 91.5 cm³/mol. The second-order valence-corrected chi connectivity index (χ2v) is 5.33. The van der Waals surface area contributed by atoms with Crippen LogP contribution in [0.1, 0.15) is 17.3 Å². The first-order valence-corrected chi connectivity index (χ1v) is 7.63. The summed E-state index contributed by atoms with van der Waals surface area (Å²) in [5.41, 5.74) is 0.281. The van der Waals surface area contributed by atoms with Crippen molar-refractivity contribution in [3.8, 4) is 22.8 Å². The maximum Gasteiger partial charge on any atom is 0.308 e. The smallest absolute Gasteiger partial charge is 0.308 e. The molecule has 0 aliphatic heterocycles. The van der Waals surface area contributed by atoms with Gasteiger partial charge in [0, 0.05) is 12.5 Å². The molecule has 26 heavy (non-hydrogen) atoms. The fourth-order valence-corrected chi connectivity index (χ4v) is 2.32. The number of anilines is 1. The van der Waals surface area contributed by atoms with Gasteiger partial charge in [-0.2, -0.15) is 0 Å². The fraction of sp³-hybridized carbons (Fsp3) is 0.0526. The van der Waals surface area contributed by atoms with E-state index in [9.17, 15) is 19.1 Å². The first kappa shape index (κ1) is 17.2. The SMILES string of the molecule is CC(=O)Oc1c(NC(=O)c2ccccc2)oc(-c2ccccc2F)c1O. The van der Waals surface area contributed by atoms with Crippen LogP contribution in [0, 0.1) is 5.82 Å². The molecule has 0 spiro atoms. The minimum absolute atomic E-state index is 0.0430. The van der Waals surface area contributed by atoms with Crippen molar-refractivity contribution in [1.29, 1.82) is 0 Å². The molecule has 6 nitrogen and oxygen atoms in total. The van der Waals surface area contributed by atoms with Crippen LogP contribution < -0.4 is 10.1 Å². The molecule has 2 aromatic carbocycles. The van der Waals surface area contributed by atoms with Crippen LogP contribution in [-0.2, 0) is 4.79 Å². The van der Waals surface area contributed by atoms with Gasteiger partial charge in [-0.1, -0.05) is 30.3 Å². The van der Waals surface area contributed by atoms with Crippen LogP contribution in [0.3, 0.4) is 0 Å². The number of ether oxygens (including phenoxy) is 1. The summed E-state index contributed by atoms with van der Waals surface area (Å²) in [7, 11) is 0. The summed E-state index contributed by atoms with van der Waals surface area (Å²) in [5, 5.41) is 12.7. The molecule has 0 radical (unpaired) electrons. The Kier molecular flexibility index (Phi) is 4.70. The summed E-state index contributed by atoms with van der Waals surface area (Å²) < 4.78 is 24.4. The van der Waals surface area contributed by atoms with Crippen LogP contribution in [0.25, 0.3) is 11.3 Å². The van der Waals surface area contributed by atoms with Gasteiger partial charge in [0.05, 0.1) is 5.56 Å². The number of hydrogen-bond donors (Lipinski definition) is 2. The molecule has 0 bridgehead atoms. The van der Waals surface area contributed by atoms with E-state index in [1.54, 1.807) is 36.4 Å². The highest BCUT2D eigenvalue weighted by atomic mass is 19.1. The van der Waals surface area contributed by atoms with E-state index in [2.05, 4.69) is 5.32 Å². The zero-order valence-electron chi connectivity index (χ0n) is 13.7. The van der Waals surface area contributed by atoms with Gasteiger partial charge in [-0.05, 0) is 24.3 Å². The number of aromatic hydroxyl groups is 1. The number of amides is 1. The Morgan fingerprint density at radius 2 is 1.73 bits per heavy atom. The zero-order chi connectivity index (χ0) is 18.7. The van der Waals surface area contributed by atoms with Crippen molar-refractivity contribution < 1.29 is 28.2 Å². The highest BCUT2D eigenvalue weighted by Crippen LogP contribution is 2.46. The number of furan rings is 1. The van der Waals surface area contributed by atoms with Gasteiger partial charge in [-0.15, -0.1) is 0 Å². The molecule has 3 rings (SSSR count). The minimum Gasteiger partial charge on any atom is -0.502 e. The maximum absolute atomic E-state index is 14.0. The van der Waals surface area contributed by atoms with Gasteiger partial charge in [-0.25, -0.2) is 4.39 Å². The zero-order valence-corrected chi connectivity index (χ0v) is 13.7. The topological polar surface area (TPSA) is 88.8 Å². The van der Waals surface area contributed by atoms with Gasteiger partial charge in [0.25, 0.3) is 5.91 Å². The molecule has 1 aromatic heterocycles. The largest absolute Gasteiger partial charge is 0.502 e. The van der Waals surface area contributed by atoms with E-state index in [0.717, 1.165) is 6.92 Å². The number of carbonyl (C=O) groups is 2. The van der Waals surface area contributed by atoms with E-state index >= 15 is 0 Å². The average molecular weight is 355 g/mol. The molecule has 132 valence electrons. The van der Waals surface area contributed by atoms with Gasteiger partial charge < -0.3 is 14.3 Å². The molecular weight excluding hydrogens is 341 g/mol. The van der Waals surface area contributed by atoms with E-state index < -0.39 is 23.4 Å². The molecule has 0 atom stereocenters. The van der Waals surface area contributed by atoms with Crippen LogP contribution in [0.2, 0.25) is 0 Å². The Hall–Kier alpha value is -3.61. The van der Waals surface area contributed by atoms with Crippen LogP contribution >= 0.6 is 0 Å². The third-order valence-corrected chi connectivity index (χ3v) is 3.47. The molecule has 0 fully saturated rings. The molecule has 0 saturated carbocycles. The lowest BCUT2D eigenvalue weighted by Gasteiger charge is -2.04. The molecule has 0 aliphatic rings. The van der Waals surface area contributed by atoms with Crippen molar-refractivity contribution in [2.24, 2.45) is 0 Å². The standard InChI is InChI=1S/C19H14FNO5/c1-11(22)25-17-15(23)16(13-9-5-6-10-14(13)20)26-19(17)21-18(24)12-7-3-2-4-8-12/h2-10,23H,1H3,(H,21,24). The lowest BCUT2D eigenvalue weighted by molar-refractivity contribution is -0.132. The maximum atomic E-state index is 14.0. The van der Waals surface area contributed by atoms with Crippen molar-refractivity contribution >= 4 is 17.8 Å². The van der Waals surface area contributed by atoms with Gasteiger partial charge in [-0.3, -0.25) is 14.9 Å². The molecular formula is C19H14FNO5. The Morgan fingerprint density at radius 1 is 1.08 bits per heavy atom. The summed E-state index contributed by atoms with van der Waals surface area (Å²) in [6, 6.07) is 13.8. The van der Waals surface area contributed by atoms with Crippen LogP contribution in [-0.4, -0.2) is 17.0 Å². The third kappa shape index (κ3) is 3.41. The molecule has 3 aromatic rings. The average Bonchev–Trinajstić information content (AvgIpc) is 2.92. The van der Waals surface area contributed by atoms with Crippen molar-refractivity contribution in [3.05, 3.63) is 66.0 Å². The van der Waals surface area contributed by atoms with Crippen LogP contribution in [0.4, 0.5) is 10.3 Å². The highest BCUT2D eigenvalue weighted by Gasteiger charge is 2.27. The quantitative estimate of drug-likeness (QED) is 0.691. The molecule has 0 saturated heterocycles. The monoisotopic (exact) mass is 355 g/mol. The summed E-state index contributed by atoms with van der Waals surface area (Å²) >= 11 is 0. The summed E-state index contributed by atoms with van der Waals surface area (Å²) in [5.74, 6) is -3.47. The Morgan fingerprint density at radius 3 is 2.38 bits per heavy atom. The summed E-state index contributed by atoms with van der Waals surface area (Å²) in [4.78, 5) is 23.6. The molecule has 1 heterocycles. The minimum atomic E-state index is -0.739. The third-order valence-electron chi connectivity index (χ3n) is 3.47. The summed E-state index contributed by atoms with van der Waals surface area (Å²) in [6.07, 6.45) is 0. The van der Waals surface area contributed by atoms with Gasteiger partial charge in [0.15, 0.2) is 5.76 Å². The Balaban J connectivity index is 2.04. The van der Waals surface area contributed by atoms with Crippen molar-refractivity contribution in [3.63, 3.8) is 0 Å². The number of carbonyl (C=O) groups excluding carboxylic acids is 2. The van der Waals surface area contributed by atoms with Crippen molar-refractivity contribution in [1.82, 2.24) is 0 Å². The van der Waals surface area contributed by atoms with E-state index in [1.807, 2.05) is 0 Å². The van der Waals surface area contributed by atoms with Gasteiger partial charge >= 0.3 is 5.97 Å². The van der Waals surface area contributed by atoms with E-state index in [4.69, 9.17) is 9.15 Å². The fourth-order valence-electron chi connectivity index (χ4n) is 2.32. The van der Waals surface area contributed by atoms with E-state index in [0.29, 0.717) is 5.56 Å². The number of halogens is 1. The number of benzene rings is 2. The second-order valence-electron chi connectivity index (χ2n) is 5.33. The number of nitrogens with one attached hydrogen (secondary N) is 1. The van der Waals surface area contributed by atoms with E-state index in [1.165, 1.54) is 18.2 Å². The molecule has 2 N–H and O–H groups in total. The summed E-state index contributed by atoms with van der Waals surface area (Å²) in [6.45, 7) is 1.12. The first-order valence-electron chi connectivity index (χ1n) is 7.63. The van der Waals surface area contributed by atoms with Gasteiger partial charge in [0.1, 0.15) is 5.82 Å². The normalized spacial score (nSPS) is 10.4. The number of hydrogen-bond acceptors (Lipinski definition) is 5. The highest BCUT2D eigenvalue weighted by molar-refractivity contribution is 6.05. The van der Waals surface area contributed by atoms with Crippen molar-refractivity contribution in [2.45, 2.75) is 6.92 Å².